The van der Waals surface area contributed by atoms with Crippen molar-refractivity contribution >= 4 is 17.2 Å². The molecule has 2 rings (SSSR count). The Hall–Kier alpha value is -0.870. The van der Waals surface area contributed by atoms with Gasteiger partial charge in [-0.3, -0.25) is 4.79 Å². The van der Waals surface area contributed by atoms with Gasteiger partial charge in [-0.05, 0) is 38.4 Å². The molecule has 0 bridgehead atoms. The molecule has 1 N–H and O–H groups in total. The predicted molar refractivity (Wildman–Crippen MR) is 66.5 cm³/mol. The van der Waals surface area contributed by atoms with E-state index in [0.29, 0.717) is 18.5 Å². The number of thiophene rings is 1. The normalized spacial score (nSPS) is 17.4. The Morgan fingerprint density at radius 2 is 2.38 bits per heavy atom. The average molecular weight is 238 g/mol. The van der Waals surface area contributed by atoms with Gasteiger partial charge in [0.1, 0.15) is 0 Å². The zero-order valence-corrected chi connectivity index (χ0v) is 10.6. The van der Waals surface area contributed by atoms with E-state index in [4.69, 9.17) is 0 Å². The van der Waals surface area contributed by atoms with Gasteiger partial charge >= 0.3 is 0 Å². The first-order chi connectivity index (χ1) is 7.68. The van der Waals surface area contributed by atoms with E-state index in [1.54, 1.807) is 11.3 Å². The van der Waals surface area contributed by atoms with Gasteiger partial charge in [0.15, 0.2) is 0 Å². The maximum Gasteiger partial charge on any atom is 0.223 e. The van der Waals surface area contributed by atoms with Crippen molar-refractivity contribution in [3.8, 4) is 0 Å². The molecule has 1 atom stereocenters. The van der Waals surface area contributed by atoms with Crippen LogP contribution < -0.4 is 5.32 Å². The van der Waals surface area contributed by atoms with Crippen molar-refractivity contribution in [1.29, 1.82) is 0 Å². The smallest absolute Gasteiger partial charge is 0.223 e. The molecule has 88 valence electrons. The molecule has 0 radical (unpaired) electrons. The molecule has 1 unspecified atom stereocenters. The van der Waals surface area contributed by atoms with Crippen molar-refractivity contribution in [3.05, 3.63) is 22.4 Å². The van der Waals surface area contributed by atoms with Crippen molar-refractivity contribution in [3.63, 3.8) is 0 Å². The molecule has 0 spiro atoms. The predicted octanol–water partition coefficient (Wildman–Crippen LogP) is 1.88. The van der Waals surface area contributed by atoms with Gasteiger partial charge in [-0.25, -0.2) is 0 Å². The van der Waals surface area contributed by atoms with Gasteiger partial charge in [-0.2, -0.15) is 0 Å². The van der Waals surface area contributed by atoms with Crippen LogP contribution in [0.4, 0.5) is 0 Å². The standard InChI is InChI=1S/C12H18N2OS/c1-14(2)10(11-4-3-7-16-11)8-13-12(15)9-5-6-9/h3-4,7,9-10H,5-6,8H2,1-2H3,(H,13,15). The Balaban J connectivity index is 1.90. The molecular weight excluding hydrogens is 220 g/mol. The largest absolute Gasteiger partial charge is 0.354 e. The summed E-state index contributed by atoms with van der Waals surface area (Å²) in [4.78, 5) is 15.0. The summed E-state index contributed by atoms with van der Waals surface area (Å²) in [6.45, 7) is 0.711. The van der Waals surface area contributed by atoms with Crippen LogP contribution in [-0.2, 0) is 4.79 Å². The maximum atomic E-state index is 11.6. The molecule has 0 saturated heterocycles. The number of carbonyl (C=O) groups is 1. The molecule has 1 aromatic heterocycles. The number of amides is 1. The van der Waals surface area contributed by atoms with Gasteiger partial charge in [0.2, 0.25) is 5.91 Å². The summed E-state index contributed by atoms with van der Waals surface area (Å²) in [5, 5.41) is 5.12. The zero-order chi connectivity index (χ0) is 11.5. The minimum atomic E-state index is 0.225. The van der Waals surface area contributed by atoms with Crippen LogP contribution in [-0.4, -0.2) is 31.4 Å². The highest BCUT2D eigenvalue weighted by Gasteiger charge is 2.30. The first-order valence-corrected chi connectivity index (χ1v) is 6.54. The second-order valence-electron chi connectivity index (χ2n) is 4.51. The van der Waals surface area contributed by atoms with Gasteiger partial charge in [-0.1, -0.05) is 6.07 Å². The number of hydrogen-bond acceptors (Lipinski definition) is 3. The van der Waals surface area contributed by atoms with E-state index >= 15 is 0 Å². The van der Waals surface area contributed by atoms with Crippen LogP contribution in [0.3, 0.4) is 0 Å². The van der Waals surface area contributed by atoms with Gasteiger partial charge in [0, 0.05) is 17.3 Å². The van der Waals surface area contributed by atoms with Crippen molar-refractivity contribution in [2.24, 2.45) is 5.92 Å². The third-order valence-electron chi connectivity index (χ3n) is 2.91. The van der Waals surface area contributed by atoms with E-state index in [1.807, 2.05) is 14.1 Å². The summed E-state index contributed by atoms with van der Waals surface area (Å²) in [5.74, 6) is 0.523. The van der Waals surface area contributed by atoms with E-state index < -0.39 is 0 Å². The van der Waals surface area contributed by atoms with Crippen LogP contribution in [0.1, 0.15) is 23.8 Å². The van der Waals surface area contributed by atoms with E-state index in [1.165, 1.54) is 4.88 Å². The quantitative estimate of drug-likeness (QED) is 0.849. The van der Waals surface area contributed by atoms with Crippen LogP contribution in [0.5, 0.6) is 0 Å². The monoisotopic (exact) mass is 238 g/mol. The highest BCUT2D eigenvalue weighted by Crippen LogP contribution is 2.29. The second-order valence-corrected chi connectivity index (χ2v) is 5.49. The van der Waals surface area contributed by atoms with E-state index in [0.717, 1.165) is 12.8 Å². The Morgan fingerprint density at radius 1 is 1.62 bits per heavy atom. The molecule has 1 aliphatic rings. The zero-order valence-electron chi connectivity index (χ0n) is 9.77. The highest BCUT2D eigenvalue weighted by molar-refractivity contribution is 7.10. The Kier molecular flexibility index (Phi) is 3.61. The lowest BCUT2D eigenvalue weighted by Crippen LogP contribution is -2.34. The number of carbonyl (C=O) groups excluding carboxylic acids is 1. The molecule has 1 aromatic rings. The van der Waals surface area contributed by atoms with Gasteiger partial charge in [0.05, 0.1) is 6.04 Å². The fraction of sp³-hybridized carbons (Fsp3) is 0.583. The Labute approximate surface area is 100 Å². The molecule has 4 heteroatoms. The minimum Gasteiger partial charge on any atom is -0.354 e. The Bertz CT molecular complexity index is 344. The van der Waals surface area contributed by atoms with Crippen molar-refractivity contribution in [2.75, 3.05) is 20.6 Å². The van der Waals surface area contributed by atoms with Gasteiger partial charge in [0.25, 0.3) is 0 Å². The third-order valence-corrected chi connectivity index (χ3v) is 3.89. The fourth-order valence-corrected chi connectivity index (χ4v) is 2.63. The fourth-order valence-electron chi connectivity index (χ4n) is 1.71. The van der Waals surface area contributed by atoms with Crippen molar-refractivity contribution < 1.29 is 4.79 Å². The third kappa shape index (κ3) is 2.83. The van der Waals surface area contributed by atoms with Gasteiger partial charge in [-0.15, -0.1) is 11.3 Å². The Morgan fingerprint density at radius 3 is 2.88 bits per heavy atom. The van der Waals surface area contributed by atoms with Crippen molar-refractivity contribution in [2.45, 2.75) is 18.9 Å². The lowest BCUT2D eigenvalue weighted by molar-refractivity contribution is -0.122. The molecule has 1 amide bonds. The number of nitrogens with one attached hydrogen (secondary N) is 1. The summed E-state index contributed by atoms with van der Waals surface area (Å²) in [6.07, 6.45) is 2.13. The van der Waals surface area contributed by atoms with E-state index in [2.05, 4.69) is 27.7 Å². The van der Waals surface area contributed by atoms with Crippen LogP contribution in [0.25, 0.3) is 0 Å². The van der Waals surface area contributed by atoms with Crippen LogP contribution >= 0.6 is 11.3 Å². The summed E-state index contributed by atoms with van der Waals surface area (Å²) in [5.41, 5.74) is 0. The first kappa shape index (κ1) is 11.6. The molecule has 1 aliphatic carbocycles. The van der Waals surface area contributed by atoms with Crippen LogP contribution in [0, 0.1) is 5.92 Å². The summed E-state index contributed by atoms with van der Waals surface area (Å²) >= 11 is 1.74. The first-order valence-electron chi connectivity index (χ1n) is 5.66. The summed E-state index contributed by atoms with van der Waals surface area (Å²) in [7, 11) is 4.10. The van der Waals surface area contributed by atoms with Gasteiger partial charge < -0.3 is 10.2 Å². The molecule has 0 aliphatic heterocycles. The molecule has 16 heavy (non-hydrogen) atoms. The molecular formula is C12H18N2OS. The molecule has 1 saturated carbocycles. The van der Waals surface area contributed by atoms with Crippen molar-refractivity contribution in [1.82, 2.24) is 10.2 Å². The SMILES string of the molecule is CN(C)C(CNC(=O)C1CC1)c1cccs1. The minimum absolute atomic E-state index is 0.225. The average Bonchev–Trinajstić information content (AvgIpc) is 2.96. The van der Waals surface area contributed by atoms with Crippen LogP contribution in [0.15, 0.2) is 17.5 Å². The van der Waals surface area contributed by atoms with E-state index in [-0.39, 0.29) is 5.91 Å². The number of likely N-dealkylation sites (N-methyl/N-ethyl adjacent to an activating group) is 1. The molecule has 1 heterocycles. The number of rotatable bonds is 5. The highest BCUT2D eigenvalue weighted by atomic mass is 32.1. The summed E-state index contributed by atoms with van der Waals surface area (Å²) < 4.78 is 0. The number of nitrogens with zero attached hydrogens (tertiary/aromatic N) is 1. The van der Waals surface area contributed by atoms with Crippen LogP contribution in [0.2, 0.25) is 0 Å². The number of hydrogen-bond donors (Lipinski definition) is 1. The lowest BCUT2D eigenvalue weighted by Gasteiger charge is -2.23. The topological polar surface area (TPSA) is 32.3 Å². The molecule has 1 fully saturated rings. The maximum absolute atomic E-state index is 11.6. The second kappa shape index (κ2) is 4.97. The molecule has 3 nitrogen and oxygen atoms in total. The summed E-state index contributed by atoms with van der Waals surface area (Å²) in [6, 6.07) is 4.47. The molecule has 0 aromatic carbocycles. The van der Waals surface area contributed by atoms with E-state index in [9.17, 15) is 4.79 Å². The lowest BCUT2D eigenvalue weighted by atomic mass is 10.2.